The molecule has 0 aliphatic heterocycles. The van der Waals surface area contributed by atoms with E-state index in [0.29, 0.717) is 12.2 Å². The van der Waals surface area contributed by atoms with E-state index >= 15 is 0 Å². The third-order valence-electron chi connectivity index (χ3n) is 4.42. The molecular formula is C20H22N4O. The van der Waals surface area contributed by atoms with E-state index in [4.69, 9.17) is 0 Å². The van der Waals surface area contributed by atoms with Gasteiger partial charge in [0, 0.05) is 6.54 Å². The minimum absolute atomic E-state index is 0.215. The van der Waals surface area contributed by atoms with Crippen molar-refractivity contribution in [2.45, 2.75) is 34.2 Å². The van der Waals surface area contributed by atoms with E-state index in [1.54, 1.807) is 4.68 Å². The van der Waals surface area contributed by atoms with Gasteiger partial charge in [0.05, 0.1) is 11.4 Å². The van der Waals surface area contributed by atoms with Crippen molar-refractivity contribution in [1.82, 2.24) is 20.3 Å². The number of carbonyl (C=O) groups is 1. The van der Waals surface area contributed by atoms with Gasteiger partial charge in [-0.15, -0.1) is 5.10 Å². The van der Waals surface area contributed by atoms with Crippen LogP contribution in [-0.4, -0.2) is 20.9 Å². The molecule has 128 valence electrons. The van der Waals surface area contributed by atoms with Gasteiger partial charge in [0.2, 0.25) is 0 Å². The summed E-state index contributed by atoms with van der Waals surface area (Å²) in [6.45, 7) is 8.49. The third kappa shape index (κ3) is 3.60. The fourth-order valence-corrected chi connectivity index (χ4v) is 2.61. The third-order valence-corrected chi connectivity index (χ3v) is 4.42. The van der Waals surface area contributed by atoms with E-state index in [9.17, 15) is 4.79 Å². The quantitative estimate of drug-likeness (QED) is 0.795. The van der Waals surface area contributed by atoms with Crippen LogP contribution in [0, 0.1) is 27.7 Å². The van der Waals surface area contributed by atoms with Crippen LogP contribution in [0.3, 0.4) is 0 Å². The first-order chi connectivity index (χ1) is 12.0. The smallest absolute Gasteiger partial charge is 0.274 e. The first-order valence-electron chi connectivity index (χ1n) is 8.29. The number of nitrogens with zero attached hydrogens (tertiary/aromatic N) is 3. The van der Waals surface area contributed by atoms with Gasteiger partial charge in [-0.1, -0.05) is 41.1 Å². The van der Waals surface area contributed by atoms with Gasteiger partial charge in [0.25, 0.3) is 5.91 Å². The lowest BCUT2D eigenvalue weighted by atomic mass is 10.1. The number of hydrogen-bond donors (Lipinski definition) is 1. The molecule has 0 bridgehead atoms. The van der Waals surface area contributed by atoms with E-state index in [1.165, 1.54) is 16.7 Å². The zero-order chi connectivity index (χ0) is 18.0. The molecule has 5 nitrogen and oxygen atoms in total. The molecule has 0 saturated heterocycles. The second-order valence-electron chi connectivity index (χ2n) is 6.37. The van der Waals surface area contributed by atoms with Gasteiger partial charge in [0.15, 0.2) is 5.69 Å². The molecule has 25 heavy (non-hydrogen) atoms. The van der Waals surface area contributed by atoms with Gasteiger partial charge in [-0.25, -0.2) is 4.68 Å². The normalized spacial score (nSPS) is 10.7. The maximum absolute atomic E-state index is 12.4. The number of benzene rings is 2. The number of aromatic nitrogens is 3. The maximum atomic E-state index is 12.4. The first kappa shape index (κ1) is 16.9. The van der Waals surface area contributed by atoms with Gasteiger partial charge < -0.3 is 5.32 Å². The predicted octanol–water partition coefficient (Wildman–Crippen LogP) is 3.43. The Morgan fingerprint density at radius 1 is 1.00 bits per heavy atom. The van der Waals surface area contributed by atoms with Gasteiger partial charge in [-0.3, -0.25) is 4.79 Å². The molecule has 2 aromatic carbocycles. The highest BCUT2D eigenvalue weighted by Crippen LogP contribution is 2.16. The Morgan fingerprint density at radius 2 is 1.72 bits per heavy atom. The van der Waals surface area contributed by atoms with Crippen molar-refractivity contribution in [2.75, 3.05) is 0 Å². The number of carbonyl (C=O) groups excluding carboxylic acids is 1. The summed E-state index contributed by atoms with van der Waals surface area (Å²) < 4.78 is 1.70. The topological polar surface area (TPSA) is 59.8 Å². The minimum Gasteiger partial charge on any atom is -0.347 e. The van der Waals surface area contributed by atoms with Crippen LogP contribution in [0.5, 0.6) is 0 Å². The Hall–Kier alpha value is -2.95. The average molecular weight is 334 g/mol. The van der Waals surface area contributed by atoms with Crippen LogP contribution in [0.15, 0.2) is 42.5 Å². The van der Waals surface area contributed by atoms with Crippen molar-refractivity contribution in [3.05, 3.63) is 76.1 Å². The SMILES string of the molecule is Cc1ccc(CNC(=O)c2nnn(-c3ccc(C)c(C)c3)c2C)cc1. The number of aryl methyl sites for hydroxylation is 3. The summed E-state index contributed by atoms with van der Waals surface area (Å²) in [5, 5.41) is 11.1. The van der Waals surface area contributed by atoms with Crippen LogP contribution in [-0.2, 0) is 6.54 Å². The molecule has 1 aromatic heterocycles. The van der Waals surface area contributed by atoms with Crippen LogP contribution < -0.4 is 5.32 Å². The highest BCUT2D eigenvalue weighted by atomic mass is 16.2. The number of nitrogens with one attached hydrogen (secondary N) is 1. The fourth-order valence-electron chi connectivity index (χ4n) is 2.61. The summed E-state index contributed by atoms with van der Waals surface area (Å²) in [7, 11) is 0. The van der Waals surface area contributed by atoms with Crippen molar-refractivity contribution in [3.63, 3.8) is 0 Å². The summed E-state index contributed by atoms with van der Waals surface area (Å²) in [6.07, 6.45) is 0. The summed E-state index contributed by atoms with van der Waals surface area (Å²) in [6, 6.07) is 14.2. The molecule has 0 spiro atoms. The molecule has 1 heterocycles. The molecule has 0 atom stereocenters. The summed E-state index contributed by atoms with van der Waals surface area (Å²) in [5.41, 5.74) is 6.64. The van der Waals surface area contributed by atoms with Gasteiger partial charge in [-0.2, -0.15) is 0 Å². The lowest BCUT2D eigenvalue weighted by Crippen LogP contribution is -2.24. The Morgan fingerprint density at radius 3 is 2.40 bits per heavy atom. The van der Waals surface area contributed by atoms with Gasteiger partial charge >= 0.3 is 0 Å². The molecule has 0 saturated carbocycles. The molecule has 5 heteroatoms. The Labute approximate surface area is 147 Å². The van der Waals surface area contributed by atoms with E-state index in [1.807, 2.05) is 56.3 Å². The average Bonchev–Trinajstić information content (AvgIpc) is 2.98. The molecule has 0 aliphatic carbocycles. The second kappa shape index (κ2) is 6.89. The summed E-state index contributed by atoms with van der Waals surface area (Å²) >= 11 is 0. The Balaban J connectivity index is 1.76. The Kier molecular flexibility index (Phi) is 4.65. The predicted molar refractivity (Wildman–Crippen MR) is 97.9 cm³/mol. The summed E-state index contributed by atoms with van der Waals surface area (Å²) in [5.74, 6) is -0.215. The van der Waals surface area contributed by atoms with E-state index in [2.05, 4.69) is 29.5 Å². The second-order valence-corrected chi connectivity index (χ2v) is 6.37. The van der Waals surface area contributed by atoms with Crippen LogP contribution in [0.25, 0.3) is 5.69 Å². The molecule has 1 N–H and O–H groups in total. The highest BCUT2D eigenvalue weighted by molar-refractivity contribution is 5.93. The first-order valence-corrected chi connectivity index (χ1v) is 8.29. The highest BCUT2D eigenvalue weighted by Gasteiger charge is 2.17. The fraction of sp³-hybridized carbons (Fsp3) is 0.250. The van der Waals surface area contributed by atoms with Crippen molar-refractivity contribution in [2.24, 2.45) is 0 Å². The standard InChI is InChI=1S/C20H22N4O/c1-13-5-8-17(9-6-13)12-21-20(25)19-16(4)24(23-22-19)18-10-7-14(2)15(3)11-18/h5-11H,12H2,1-4H3,(H,21,25). The van der Waals surface area contributed by atoms with Gasteiger partial charge in [-0.05, 0) is 56.5 Å². The molecule has 0 fully saturated rings. The molecule has 3 rings (SSSR count). The summed E-state index contributed by atoms with van der Waals surface area (Å²) in [4.78, 5) is 12.4. The largest absolute Gasteiger partial charge is 0.347 e. The lowest BCUT2D eigenvalue weighted by Gasteiger charge is -2.07. The monoisotopic (exact) mass is 334 g/mol. The van der Waals surface area contributed by atoms with Crippen molar-refractivity contribution in [3.8, 4) is 5.69 Å². The molecular weight excluding hydrogens is 312 g/mol. The van der Waals surface area contributed by atoms with E-state index in [0.717, 1.165) is 16.9 Å². The number of rotatable bonds is 4. The number of hydrogen-bond acceptors (Lipinski definition) is 3. The van der Waals surface area contributed by atoms with Gasteiger partial charge in [0.1, 0.15) is 0 Å². The van der Waals surface area contributed by atoms with Crippen molar-refractivity contribution in [1.29, 1.82) is 0 Å². The molecule has 0 aliphatic rings. The van der Waals surface area contributed by atoms with E-state index in [-0.39, 0.29) is 5.91 Å². The van der Waals surface area contributed by atoms with Crippen molar-refractivity contribution < 1.29 is 4.79 Å². The van der Waals surface area contributed by atoms with Crippen LogP contribution in [0.2, 0.25) is 0 Å². The molecule has 0 unspecified atom stereocenters. The van der Waals surface area contributed by atoms with Crippen molar-refractivity contribution >= 4 is 5.91 Å². The lowest BCUT2D eigenvalue weighted by molar-refractivity contribution is 0.0945. The number of amides is 1. The Bertz CT molecular complexity index is 910. The minimum atomic E-state index is -0.215. The molecule has 0 radical (unpaired) electrons. The van der Waals surface area contributed by atoms with Crippen LogP contribution in [0.4, 0.5) is 0 Å². The zero-order valence-corrected chi connectivity index (χ0v) is 15.0. The maximum Gasteiger partial charge on any atom is 0.274 e. The molecule has 3 aromatic rings. The van der Waals surface area contributed by atoms with Crippen LogP contribution in [0.1, 0.15) is 38.4 Å². The van der Waals surface area contributed by atoms with E-state index < -0.39 is 0 Å². The zero-order valence-electron chi connectivity index (χ0n) is 15.0. The molecule has 1 amide bonds. The van der Waals surface area contributed by atoms with Crippen LogP contribution >= 0.6 is 0 Å².